The minimum atomic E-state index is 0.0715. The van der Waals surface area contributed by atoms with Crippen molar-refractivity contribution in [1.82, 2.24) is 10.2 Å². The molecule has 1 aromatic carbocycles. The van der Waals surface area contributed by atoms with Gasteiger partial charge in [0, 0.05) is 6.54 Å². The molecule has 4 nitrogen and oxygen atoms in total. The summed E-state index contributed by atoms with van der Waals surface area (Å²) in [6.45, 7) is 0.597. The van der Waals surface area contributed by atoms with E-state index >= 15 is 0 Å². The first-order valence-corrected chi connectivity index (χ1v) is 7.54. The Kier molecular flexibility index (Phi) is 6.73. The highest BCUT2D eigenvalue weighted by Crippen LogP contribution is 2.22. The molecule has 106 valence electrons. The molecule has 1 N–H and O–H groups in total. The number of carbonyl (C=O) groups excluding carboxylic acids is 1. The molecule has 0 saturated carbocycles. The third kappa shape index (κ3) is 5.12. The van der Waals surface area contributed by atoms with Gasteiger partial charge in [-0.05, 0) is 38.0 Å². The molecule has 0 aliphatic rings. The van der Waals surface area contributed by atoms with E-state index in [9.17, 15) is 4.79 Å². The summed E-state index contributed by atoms with van der Waals surface area (Å²) >= 11 is 1.53. The Hall–Kier alpha value is -1.20. The van der Waals surface area contributed by atoms with Crippen LogP contribution in [0.2, 0.25) is 0 Å². The topological polar surface area (TPSA) is 41.6 Å². The summed E-state index contributed by atoms with van der Waals surface area (Å²) in [5, 5.41) is 2.96. The molecule has 0 fully saturated rings. The standard InChI is InChI=1S/C14H22N2O2S/c1-16(2)13(9-15-14(17)10-19-4)11-6-5-7-12(8-11)18-3/h5-8,13H,9-10H2,1-4H3,(H,15,17). The van der Waals surface area contributed by atoms with Gasteiger partial charge in [-0.1, -0.05) is 12.1 Å². The van der Waals surface area contributed by atoms with Crippen LogP contribution in [-0.2, 0) is 4.79 Å². The highest BCUT2D eigenvalue weighted by Gasteiger charge is 2.15. The van der Waals surface area contributed by atoms with E-state index < -0.39 is 0 Å². The van der Waals surface area contributed by atoms with Gasteiger partial charge in [0.1, 0.15) is 5.75 Å². The number of thioether (sulfide) groups is 1. The lowest BCUT2D eigenvalue weighted by atomic mass is 10.1. The van der Waals surface area contributed by atoms with Crippen LogP contribution in [0, 0.1) is 0 Å². The normalized spacial score (nSPS) is 12.3. The van der Waals surface area contributed by atoms with Crippen molar-refractivity contribution < 1.29 is 9.53 Å². The lowest BCUT2D eigenvalue weighted by Gasteiger charge is -2.25. The molecule has 1 rings (SSSR count). The fourth-order valence-corrected chi connectivity index (χ4v) is 2.20. The Bertz CT molecular complexity index is 410. The molecule has 0 radical (unpaired) electrons. The van der Waals surface area contributed by atoms with Crippen LogP contribution in [0.4, 0.5) is 0 Å². The van der Waals surface area contributed by atoms with E-state index in [1.54, 1.807) is 7.11 Å². The van der Waals surface area contributed by atoms with E-state index in [0.717, 1.165) is 11.3 Å². The molecule has 1 atom stereocenters. The molecule has 0 saturated heterocycles. The van der Waals surface area contributed by atoms with Crippen molar-refractivity contribution in [2.45, 2.75) is 6.04 Å². The van der Waals surface area contributed by atoms with Crippen LogP contribution in [0.1, 0.15) is 11.6 Å². The molecule has 0 heterocycles. The first-order chi connectivity index (χ1) is 9.08. The average Bonchev–Trinajstić information content (AvgIpc) is 2.39. The highest BCUT2D eigenvalue weighted by molar-refractivity contribution is 7.99. The van der Waals surface area contributed by atoms with Crippen LogP contribution >= 0.6 is 11.8 Å². The van der Waals surface area contributed by atoms with E-state index in [-0.39, 0.29) is 11.9 Å². The third-order valence-electron chi connectivity index (χ3n) is 2.87. The summed E-state index contributed by atoms with van der Waals surface area (Å²) in [4.78, 5) is 13.6. The second-order valence-corrected chi connectivity index (χ2v) is 5.36. The predicted molar refractivity (Wildman–Crippen MR) is 80.8 cm³/mol. The van der Waals surface area contributed by atoms with E-state index in [2.05, 4.69) is 10.2 Å². The Balaban J connectivity index is 2.73. The maximum atomic E-state index is 11.5. The molecule has 0 aromatic heterocycles. The van der Waals surface area contributed by atoms with Gasteiger partial charge in [-0.3, -0.25) is 4.79 Å². The molecule has 1 unspecified atom stereocenters. The minimum absolute atomic E-state index is 0.0715. The van der Waals surface area contributed by atoms with Crippen molar-refractivity contribution >= 4 is 17.7 Å². The monoisotopic (exact) mass is 282 g/mol. The fourth-order valence-electron chi connectivity index (χ4n) is 1.84. The Morgan fingerprint density at radius 2 is 2.21 bits per heavy atom. The van der Waals surface area contributed by atoms with E-state index in [0.29, 0.717) is 12.3 Å². The number of methoxy groups -OCH3 is 1. The van der Waals surface area contributed by atoms with Gasteiger partial charge in [0.15, 0.2) is 0 Å². The molecule has 1 aromatic rings. The second-order valence-electron chi connectivity index (χ2n) is 4.49. The summed E-state index contributed by atoms with van der Waals surface area (Å²) in [7, 11) is 5.67. The van der Waals surface area contributed by atoms with Gasteiger partial charge in [0.05, 0.1) is 18.9 Å². The van der Waals surface area contributed by atoms with Gasteiger partial charge in [0.25, 0.3) is 0 Å². The fraction of sp³-hybridized carbons (Fsp3) is 0.500. The van der Waals surface area contributed by atoms with Gasteiger partial charge in [-0.15, -0.1) is 0 Å². The predicted octanol–water partition coefficient (Wildman–Crippen LogP) is 1.78. The number of benzene rings is 1. The maximum absolute atomic E-state index is 11.5. The zero-order chi connectivity index (χ0) is 14.3. The van der Waals surface area contributed by atoms with Crippen LogP contribution in [0.25, 0.3) is 0 Å². The van der Waals surface area contributed by atoms with Gasteiger partial charge >= 0.3 is 0 Å². The van der Waals surface area contributed by atoms with Crippen molar-refractivity contribution in [2.24, 2.45) is 0 Å². The van der Waals surface area contributed by atoms with Crippen LogP contribution in [-0.4, -0.2) is 50.6 Å². The molecule has 0 aliphatic carbocycles. The Morgan fingerprint density at radius 1 is 1.47 bits per heavy atom. The van der Waals surface area contributed by atoms with Gasteiger partial charge in [0.2, 0.25) is 5.91 Å². The Labute approximate surface area is 119 Å². The zero-order valence-corrected chi connectivity index (χ0v) is 12.8. The summed E-state index contributed by atoms with van der Waals surface area (Å²) in [6, 6.07) is 8.08. The third-order valence-corrected chi connectivity index (χ3v) is 3.42. The van der Waals surface area contributed by atoms with Crippen LogP contribution in [0.3, 0.4) is 0 Å². The summed E-state index contributed by atoms with van der Waals surface area (Å²) in [5.41, 5.74) is 1.13. The van der Waals surface area contributed by atoms with Gasteiger partial charge < -0.3 is 15.0 Å². The molecule has 1 amide bonds. The maximum Gasteiger partial charge on any atom is 0.230 e. The summed E-state index contributed by atoms with van der Waals surface area (Å²) in [5.74, 6) is 1.40. The quantitative estimate of drug-likeness (QED) is 0.828. The number of amides is 1. The molecule has 5 heteroatoms. The lowest BCUT2D eigenvalue weighted by molar-refractivity contribution is -0.118. The van der Waals surface area contributed by atoms with Crippen LogP contribution in [0.5, 0.6) is 5.75 Å². The van der Waals surface area contributed by atoms with Crippen molar-refractivity contribution in [1.29, 1.82) is 0 Å². The zero-order valence-electron chi connectivity index (χ0n) is 12.0. The summed E-state index contributed by atoms with van der Waals surface area (Å²) in [6.07, 6.45) is 1.92. The minimum Gasteiger partial charge on any atom is -0.497 e. The number of carbonyl (C=O) groups is 1. The largest absolute Gasteiger partial charge is 0.497 e. The SMILES string of the molecule is COc1cccc(C(CNC(=O)CSC)N(C)C)c1. The van der Waals surface area contributed by atoms with E-state index in [4.69, 9.17) is 4.74 Å². The summed E-state index contributed by atoms with van der Waals surface area (Å²) < 4.78 is 5.24. The number of likely N-dealkylation sites (N-methyl/N-ethyl adjacent to an activating group) is 1. The highest BCUT2D eigenvalue weighted by atomic mass is 32.2. The first-order valence-electron chi connectivity index (χ1n) is 6.14. The molecule has 0 aliphatic heterocycles. The Morgan fingerprint density at radius 3 is 2.79 bits per heavy atom. The number of ether oxygens (including phenoxy) is 1. The number of hydrogen-bond donors (Lipinski definition) is 1. The molecule has 0 bridgehead atoms. The second kappa shape index (κ2) is 8.07. The molecular weight excluding hydrogens is 260 g/mol. The number of hydrogen-bond acceptors (Lipinski definition) is 4. The molecule has 19 heavy (non-hydrogen) atoms. The van der Waals surface area contributed by atoms with Gasteiger partial charge in [-0.2, -0.15) is 11.8 Å². The van der Waals surface area contributed by atoms with Crippen molar-refractivity contribution in [3.63, 3.8) is 0 Å². The first kappa shape index (κ1) is 15.9. The van der Waals surface area contributed by atoms with Crippen molar-refractivity contribution in [3.05, 3.63) is 29.8 Å². The van der Waals surface area contributed by atoms with Crippen LogP contribution in [0.15, 0.2) is 24.3 Å². The van der Waals surface area contributed by atoms with E-state index in [1.807, 2.05) is 44.6 Å². The number of nitrogens with one attached hydrogen (secondary N) is 1. The van der Waals surface area contributed by atoms with Crippen molar-refractivity contribution in [3.8, 4) is 5.75 Å². The van der Waals surface area contributed by atoms with Crippen molar-refractivity contribution in [2.75, 3.05) is 39.8 Å². The average molecular weight is 282 g/mol. The van der Waals surface area contributed by atoms with Crippen LogP contribution < -0.4 is 10.1 Å². The lowest BCUT2D eigenvalue weighted by Crippen LogP contribution is -2.35. The number of nitrogens with zero attached hydrogens (tertiary/aromatic N) is 1. The molecular formula is C14H22N2O2S. The smallest absolute Gasteiger partial charge is 0.230 e. The van der Waals surface area contributed by atoms with Gasteiger partial charge in [-0.25, -0.2) is 0 Å². The number of rotatable bonds is 7. The van der Waals surface area contributed by atoms with E-state index in [1.165, 1.54) is 11.8 Å². The molecule has 0 spiro atoms.